The van der Waals surface area contributed by atoms with Gasteiger partial charge in [0.1, 0.15) is 12.1 Å². The van der Waals surface area contributed by atoms with Gasteiger partial charge in [-0.2, -0.15) is 0 Å². The highest BCUT2D eigenvalue weighted by atomic mass is 16.5. The molecule has 7 nitrogen and oxygen atoms in total. The van der Waals surface area contributed by atoms with E-state index in [1.165, 1.54) is 116 Å². The summed E-state index contributed by atoms with van der Waals surface area (Å²) in [7, 11) is 0. The largest absolute Gasteiger partial charge is 0.480 e. The zero-order valence-electron chi connectivity index (χ0n) is 33.9. The molecule has 0 aromatic rings. The molecule has 0 aliphatic carbocycles. The van der Waals surface area contributed by atoms with Crippen molar-refractivity contribution in [2.45, 2.75) is 225 Å². The Morgan fingerprint density at radius 3 is 1.63 bits per heavy atom. The number of amides is 1. The predicted octanol–water partition coefficient (Wildman–Crippen LogP) is 12.2. The molecule has 0 heterocycles. The second-order valence-corrected chi connectivity index (χ2v) is 14.7. The van der Waals surface area contributed by atoms with Crippen molar-refractivity contribution in [3.8, 4) is 0 Å². The van der Waals surface area contributed by atoms with Crippen LogP contribution in [0.15, 0.2) is 36.5 Å². The fraction of sp³-hybridized carbons (Fsp3) is 0.800. The Morgan fingerprint density at radius 1 is 0.577 bits per heavy atom. The van der Waals surface area contributed by atoms with Gasteiger partial charge in [0.25, 0.3) is 0 Å². The molecule has 0 aromatic heterocycles. The van der Waals surface area contributed by atoms with Crippen LogP contribution in [-0.2, 0) is 19.1 Å². The number of hydrogen-bond donors (Lipinski definition) is 3. The molecule has 0 saturated heterocycles. The lowest BCUT2D eigenvalue weighted by Crippen LogP contribution is -2.40. The van der Waals surface area contributed by atoms with Crippen LogP contribution in [0, 0.1) is 0 Å². The van der Waals surface area contributed by atoms with Crippen LogP contribution < -0.4 is 11.1 Å². The van der Waals surface area contributed by atoms with Crippen molar-refractivity contribution in [3.05, 3.63) is 36.5 Å². The smallest absolute Gasteiger partial charge is 0.326 e. The summed E-state index contributed by atoms with van der Waals surface area (Å²) in [6, 6.07) is -0.870. The second-order valence-electron chi connectivity index (χ2n) is 14.7. The first-order chi connectivity index (χ1) is 25.4. The molecule has 1 amide bonds. The molecule has 0 aliphatic heterocycles. The van der Waals surface area contributed by atoms with Crippen LogP contribution in [0.25, 0.3) is 0 Å². The summed E-state index contributed by atoms with van der Waals surface area (Å²) in [6.07, 6.45) is 46.3. The predicted molar refractivity (Wildman–Crippen MR) is 220 cm³/mol. The first kappa shape index (κ1) is 49.6. The van der Waals surface area contributed by atoms with Gasteiger partial charge in [0.2, 0.25) is 5.91 Å². The van der Waals surface area contributed by atoms with E-state index in [4.69, 9.17) is 10.5 Å². The summed E-state index contributed by atoms with van der Waals surface area (Å²) in [5, 5.41) is 11.9. The number of allylic oxidation sites excluding steroid dienone is 5. The summed E-state index contributed by atoms with van der Waals surface area (Å²) >= 11 is 0. The van der Waals surface area contributed by atoms with Crippen molar-refractivity contribution in [3.63, 3.8) is 0 Å². The summed E-state index contributed by atoms with van der Waals surface area (Å²) < 4.78 is 5.93. The number of carbonyl (C=O) groups excluding carboxylic acids is 2. The third kappa shape index (κ3) is 36.0. The van der Waals surface area contributed by atoms with Gasteiger partial charge in [-0.1, -0.05) is 147 Å². The van der Waals surface area contributed by atoms with E-state index in [1.807, 2.05) is 0 Å². The van der Waals surface area contributed by atoms with Crippen LogP contribution in [0.4, 0.5) is 0 Å². The molecule has 52 heavy (non-hydrogen) atoms. The number of unbranched alkanes of at least 4 members (excludes halogenated alkanes) is 21. The Balaban J connectivity index is 4.21. The summed E-state index contributed by atoms with van der Waals surface area (Å²) in [4.78, 5) is 36.3. The van der Waals surface area contributed by atoms with Gasteiger partial charge in [-0.25, -0.2) is 4.79 Å². The van der Waals surface area contributed by atoms with E-state index >= 15 is 0 Å². The topological polar surface area (TPSA) is 119 Å². The lowest BCUT2D eigenvalue weighted by Gasteiger charge is -2.15. The number of aliphatic carboxylic acids is 1. The van der Waals surface area contributed by atoms with Crippen molar-refractivity contribution in [2.24, 2.45) is 5.73 Å². The Bertz CT molecular complexity index is 915. The van der Waals surface area contributed by atoms with Gasteiger partial charge in [-0.3, -0.25) is 9.59 Å². The Kier molecular flexibility index (Phi) is 37.9. The number of hydrogen-bond acceptors (Lipinski definition) is 5. The normalized spacial score (nSPS) is 13.0. The third-order valence-corrected chi connectivity index (χ3v) is 9.66. The fourth-order valence-corrected chi connectivity index (χ4v) is 6.33. The maximum Gasteiger partial charge on any atom is 0.326 e. The molecule has 0 radical (unpaired) electrons. The quantitative estimate of drug-likeness (QED) is 0.0329. The number of nitrogens with two attached hydrogens (primary N) is 1. The van der Waals surface area contributed by atoms with Crippen molar-refractivity contribution in [1.82, 2.24) is 5.32 Å². The number of carboxylic acids is 1. The highest BCUT2D eigenvalue weighted by Crippen LogP contribution is 2.16. The van der Waals surface area contributed by atoms with Crippen molar-refractivity contribution in [1.29, 1.82) is 0 Å². The molecule has 0 saturated carbocycles. The molecular formula is C45H82N2O5. The van der Waals surface area contributed by atoms with Crippen LogP contribution in [0.5, 0.6) is 0 Å². The Hall–Kier alpha value is -2.41. The molecule has 0 spiro atoms. The molecule has 2 atom stereocenters. The van der Waals surface area contributed by atoms with E-state index in [2.05, 4.69) is 55.6 Å². The van der Waals surface area contributed by atoms with Gasteiger partial charge < -0.3 is 20.9 Å². The standard InChI is InChI=1S/C45H82N2O5/c1-3-5-7-9-11-13-14-15-16-17-18-19-20-21-22-23-25-27-33-39-44(49)52-41(35-30-26-24-12-10-8-6-4-2)36-31-28-29-32-38-43(48)47-42(45(50)51)37-34-40-46/h11,13,15-16,30,35,41-42H,3-10,12,14,17-29,31-34,36-40,46H2,1-2H3,(H,47,48)(H,50,51)/b13-11-,16-15-,35-30-. The highest BCUT2D eigenvalue weighted by molar-refractivity contribution is 5.83. The van der Waals surface area contributed by atoms with Gasteiger partial charge in [0.05, 0.1) is 0 Å². The molecule has 7 heteroatoms. The Labute approximate surface area is 320 Å². The minimum Gasteiger partial charge on any atom is -0.480 e. The van der Waals surface area contributed by atoms with Crippen LogP contribution >= 0.6 is 0 Å². The van der Waals surface area contributed by atoms with Crippen LogP contribution in [-0.4, -0.2) is 41.6 Å². The summed E-state index contributed by atoms with van der Waals surface area (Å²) in [6.45, 7) is 4.89. The van der Waals surface area contributed by atoms with Crippen LogP contribution in [0.2, 0.25) is 0 Å². The minimum absolute atomic E-state index is 0.0921. The molecule has 302 valence electrons. The molecule has 0 aliphatic rings. The number of carbonyl (C=O) groups is 3. The lowest BCUT2D eigenvalue weighted by atomic mass is 10.0. The van der Waals surface area contributed by atoms with E-state index in [9.17, 15) is 19.5 Å². The van der Waals surface area contributed by atoms with Crippen molar-refractivity contribution >= 4 is 17.8 Å². The van der Waals surface area contributed by atoms with Gasteiger partial charge >= 0.3 is 11.9 Å². The van der Waals surface area contributed by atoms with E-state index in [1.54, 1.807) is 0 Å². The molecule has 2 unspecified atom stereocenters. The summed E-state index contributed by atoms with van der Waals surface area (Å²) in [5.74, 6) is -1.33. The number of carboxylic acid groups (broad SMARTS) is 1. The fourth-order valence-electron chi connectivity index (χ4n) is 6.33. The maximum atomic E-state index is 12.7. The zero-order chi connectivity index (χ0) is 38.2. The van der Waals surface area contributed by atoms with Crippen LogP contribution in [0.1, 0.15) is 213 Å². The number of rotatable bonds is 39. The molecule has 0 rings (SSSR count). The number of esters is 1. The maximum absolute atomic E-state index is 12.7. The van der Waals surface area contributed by atoms with Crippen LogP contribution in [0.3, 0.4) is 0 Å². The zero-order valence-corrected chi connectivity index (χ0v) is 33.9. The lowest BCUT2D eigenvalue weighted by molar-refractivity contribution is -0.147. The molecule has 4 N–H and O–H groups in total. The monoisotopic (exact) mass is 731 g/mol. The van der Waals surface area contributed by atoms with Crippen molar-refractivity contribution in [2.75, 3.05) is 6.54 Å². The van der Waals surface area contributed by atoms with Gasteiger partial charge in [-0.05, 0) is 96.1 Å². The van der Waals surface area contributed by atoms with Gasteiger partial charge in [-0.15, -0.1) is 0 Å². The first-order valence-electron chi connectivity index (χ1n) is 21.8. The highest BCUT2D eigenvalue weighted by Gasteiger charge is 2.19. The number of ether oxygens (including phenoxy) is 1. The average molecular weight is 731 g/mol. The first-order valence-corrected chi connectivity index (χ1v) is 21.8. The van der Waals surface area contributed by atoms with Gasteiger partial charge in [0, 0.05) is 12.8 Å². The molecule has 0 bridgehead atoms. The average Bonchev–Trinajstić information content (AvgIpc) is 3.13. The second kappa shape index (κ2) is 39.8. The Morgan fingerprint density at radius 2 is 1.06 bits per heavy atom. The van der Waals surface area contributed by atoms with E-state index < -0.39 is 12.0 Å². The number of nitrogens with one attached hydrogen (secondary N) is 1. The minimum atomic E-state index is -1.01. The van der Waals surface area contributed by atoms with Gasteiger partial charge in [0.15, 0.2) is 0 Å². The third-order valence-electron chi connectivity index (χ3n) is 9.66. The van der Waals surface area contributed by atoms with E-state index in [-0.39, 0.29) is 18.0 Å². The van der Waals surface area contributed by atoms with E-state index in [0.717, 1.165) is 51.4 Å². The summed E-state index contributed by atoms with van der Waals surface area (Å²) in [5.41, 5.74) is 5.48. The van der Waals surface area contributed by atoms with Crippen molar-refractivity contribution < 1.29 is 24.2 Å². The molecular weight excluding hydrogens is 649 g/mol. The van der Waals surface area contributed by atoms with E-state index in [0.29, 0.717) is 38.6 Å². The SMILES string of the molecule is CCCCC/C=C\C/C=C\CCCCCCCCCCCC(=O)OC(/C=C\CCCCCCCC)CCCCCCC(=O)NC(CCCN)C(=O)O. The molecule has 0 fully saturated rings. The molecule has 0 aromatic carbocycles.